The molecule has 0 bridgehead atoms. The maximum absolute atomic E-state index is 12.8. The number of rotatable bonds is 6. The van der Waals surface area contributed by atoms with Gasteiger partial charge in [0, 0.05) is 24.2 Å². The Morgan fingerprint density at radius 3 is 2.61 bits per heavy atom. The maximum atomic E-state index is 12.8. The van der Waals surface area contributed by atoms with Crippen molar-refractivity contribution in [2.24, 2.45) is 9.98 Å². The highest BCUT2D eigenvalue weighted by molar-refractivity contribution is 7.10. The molecule has 1 saturated carbocycles. The zero-order chi connectivity index (χ0) is 22.6. The molecule has 0 aromatic carbocycles. The molecule has 1 aliphatic heterocycles. The predicted octanol–water partition coefficient (Wildman–Crippen LogP) is 2.69. The first-order valence-electron chi connectivity index (χ1n) is 10.6. The number of nitrogens with zero attached hydrogens (tertiary/aromatic N) is 5. The highest BCUT2D eigenvalue weighted by atomic mass is 32.1. The molecule has 2 amide bonds. The summed E-state index contributed by atoms with van der Waals surface area (Å²) in [7, 11) is 6.10. The molecule has 8 nitrogen and oxygen atoms in total. The number of guanidine groups is 1. The molecule has 2 fully saturated rings. The first kappa shape index (κ1) is 23.4. The van der Waals surface area contributed by atoms with E-state index in [0.717, 1.165) is 31.4 Å². The third kappa shape index (κ3) is 4.68. The minimum atomic E-state index is -0.208. The van der Waals surface area contributed by atoms with Crippen molar-refractivity contribution in [3.63, 3.8) is 0 Å². The number of carbonyl (C=O) groups is 1. The zero-order valence-electron chi connectivity index (χ0n) is 19.0. The molecular weight excluding hydrogens is 412 g/mol. The van der Waals surface area contributed by atoms with Crippen molar-refractivity contribution in [3.8, 4) is 0 Å². The molecule has 0 unspecified atom stereocenters. The Hall–Kier alpha value is -2.23. The number of aliphatic hydroxyl groups is 1. The lowest BCUT2D eigenvalue weighted by molar-refractivity contribution is 0.0660. The quantitative estimate of drug-likeness (QED) is 0.520. The van der Waals surface area contributed by atoms with Gasteiger partial charge in [0.15, 0.2) is 0 Å². The predicted molar refractivity (Wildman–Crippen MR) is 127 cm³/mol. The van der Waals surface area contributed by atoms with Crippen molar-refractivity contribution in [3.05, 3.63) is 34.3 Å². The summed E-state index contributed by atoms with van der Waals surface area (Å²) in [5.74, 6) is 0.409. The van der Waals surface area contributed by atoms with Gasteiger partial charge in [-0.1, -0.05) is 6.07 Å². The first-order chi connectivity index (χ1) is 14.8. The van der Waals surface area contributed by atoms with Gasteiger partial charge in [-0.2, -0.15) is 0 Å². The molecule has 1 saturated heterocycles. The fraction of sp³-hybridized carbons (Fsp3) is 0.591. The molecule has 0 radical (unpaired) electrons. The Labute approximate surface area is 189 Å². The van der Waals surface area contributed by atoms with Crippen LogP contribution in [0.25, 0.3) is 0 Å². The minimum absolute atomic E-state index is 0.00466. The second-order valence-electron chi connectivity index (χ2n) is 8.70. The molecule has 1 aliphatic carbocycles. The molecule has 31 heavy (non-hydrogen) atoms. The van der Waals surface area contributed by atoms with Crippen molar-refractivity contribution in [2.75, 3.05) is 40.8 Å². The van der Waals surface area contributed by atoms with E-state index in [1.807, 2.05) is 18.3 Å². The van der Waals surface area contributed by atoms with Crippen LogP contribution in [0.15, 0.2) is 39.4 Å². The van der Waals surface area contributed by atoms with E-state index in [9.17, 15) is 4.79 Å². The van der Waals surface area contributed by atoms with E-state index < -0.39 is 0 Å². The number of aliphatic imine (C=N–C) groups is 2. The van der Waals surface area contributed by atoms with E-state index in [4.69, 9.17) is 5.11 Å². The zero-order valence-corrected chi connectivity index (χ0v) is 19.8. The Kier molecular flexibility index (Phi) is 7.18. The first-order valence-corrected chi connectivity index (χ1v) is 11.5. The van der Waals surface area contributed by atoms with Gasteiger partial charge in [0.05, 0.1) is 30.4 Å². The summed E-state index contributed by atoms with van der Waals surface area (Å²) in [5, 5.41) is 14.5. The van der Waals surface area contributed by atoms with Crippen LogP contribution in [0.3, 0.4) is 0 Å². The molecule has 1 aromatic rings. The number of hydrogen-bond donors (Lipinski definition) is 2. The Morgan fingerprint density at radius 1 is 1.35 bits per heavy atom. The van der Waals surface area contributed by atoms with Crippen LogP contribution in [-0.2, 0) is 5.54 Å². The van der Waals surface area contributed by atoms with Gasteiger partial charge < -0.3 is 15.3 Å². The molecular formula is C22H34N6O2S. The van der Waals surface area contributed by atoms with Gasteiger partial charge in [-0.05, 0) is 64.9 Å². The number of hydrogen-bond acceptors (Lipinski definition) is 5. The summed E-state index contributed by atoms with van der Waals surface area (Å²) in [5.41, 5.74) is 0.588. The SMILES string of the molecule is C=NC(=N/C=C(\C)N1CC2(CCC(c3cccs3)(N(C)C)CC2)NC1=O)N(C)CCO. The third-order valence-corrected chi connectivity index (χ3v) is 7.72. The van der Waals surface area contributed by atoms with Crippen LogP contribution in [0.1, 0.15) is 37.5 Å². The number of thiophene rings is 1. The highest BCUT2D eigenvalue weighted by Gasteiger charge is 2.50. The van der Waals surface area contributed by atoms with E-state index in [1.165, 1.54) is 4.88 Å². The fourth-order valence-corrected chi connectivity index (χ4v) is 5.67. The summed E-state index contributed by atoms with van der Waals surface area (Å²) in [6, 6.07) is 4.27. The van der Waals surface area contributed by atoms with Gasteiger partial charge in [-0.15, -0.1) is 11.3 Å². The largest absolute Gasteiger partial charge is 0.395 e. The second-order valence-corrected chi connectivity index (χ2v) is 9.65. The molecule has 2 heterocycles. The van der Waals surface area contributed by atoms with Crippen molar-refractivity contribution in [2.45, 2.75) is 43.7 Å². The van der Waals surface area contributed by atoms with E-state index in [-0.39, 0.29) is 23.7 Å². The van der Waals surface area contributed by atoms with Crippen molar-refractivity contribution >= 4 is 30.0 Å². The van der Waals surface area contributed by atoms with Crippen LogP contribution in [0.5, 0.6) is 0 Å². The smallest absolute Gasteiger partial charge is 0.322 e. The number of likely N-dealkylation sites (N-methyl/N-ethyl adjacent to an activating group) is 1. The molecule has 3 rings (SSSR count). The molecule has 0 atom stereocenters. The lowest BCUT2D eigenvalue weighted by Crippen LogP contribution is -2.53. The van der Waals surface area contributed by atoms with Gasteiger partial charge in [0.2, 0.25) is 5.96 Å². The van der Waals surface area contributed by atoms with Gasteiger partial charge in [0.1, 0.15) is 0 Å². The van der Waals surface area contributed by atoms with Crippen LogP contribution in [-0.4, -0.2) is 84.9 Å². The van der Waals surface area contributed by atoms with E-state index in [2.05, 4.69) is 58.5 Å². The molecule has 2 N–H and O–H groups in total. The van der Waals surface area contributed by atoms with E-state index >= 15 is 0 Å². The van der Waals surface area contributed by atoms with Crippen LogP contribution in [0, 0.1) is 0 Å². The lowest BCUT2D eigenvalue weighted by atomic mass is 9.71. The van der Waals surface area contributed by atoms with E-state index in [0.29, 0.717) is 19.0 Å². The van der Waals surface area contributed by atoms with Crippen molar-refractivity contribution < 1.29 is 9.90 Å². The monoisotopic (exact) mass is 446 g/mol. The van der Waals surface area contributed by atoms with Crippen LogP contribution >= 0.6 is 11.3 Å². The molecule has 1 aromatic heterocycles. The van der Waals surface area contributed by atoms with Gasteiger partial charge in [-0.3, -0.25) is 9.80 Å². The fourth-order valence-electron chi connectivity index (χ4n) is 4.61. The lowest BCUT2D eigenvalue weighted by Gasteiger charge is -2.47. The normalized spacial score (nSPS) is 27.2. The van der Waals surface area contributed by atoms with Crippen molar-refractivity contribution in [1.29, 1.82) is 0 Å². The standard InChI is InChI=1S/C22H34N6O2S/c1-17(15-24-19(23-2)27(5)12-13-29)28-16-21(25-20(28)30)8-10-22(11-9-21,26(3)4)18-7-6-14-31-18/h6-7,14-15,29H,2,8-13,16H2,1,3-5H3,(H,25,30)/b17-15+,24-19?. The second kappa shape index (κ2) is 9.50. The Balaban J connectivity index is 1.72. The number of nitrogens with one attached hydrogen (secondary N) is 1. The molecule has 9 heteroatoms. The number of urea groups is 1. The average Bonchev–Trinajstić information content (AvgIpc) is 3.38. The van der Waals surface area contributed by atoms with Crippen molar-refractivity contribution in [1.82, 2.24) is 20.0 Å². The number of amides is 2. The molecule has 1 spiro atoms. The topological polar surface area (TPSA) is 83.8 Å². The summed E-state index contributed by atoms with van der Waals surface area (Å²) < 4.78 is 0. The Bertz CT molecular complexity index is 840. The summed E-state index contributed by atoms with van der Waals surface area (Å²) in [6.07, 6.45) is 5.52. The van der Waals surface area contributed by atoms with E-state index in [1.54, 1.807) is 23.0 Å². The number of aliphatic hydroxyl groups excluding tert-OH is 1. The third-order valence-electron chi connectivity index (χ3n) is 6.66. The average molecular weight is 447 g/mol. The number of carbonyl (C=O) groups excluding carboxylic acids is 1. The Morgan fingerprint density at radius 2 is 2.06 bits per heavy atom. The van der Waals surface area contributed by atoms with Crippen LogP contribution < -0.4 is 5.32 Å². The highest BCUT2D eigenvalue weighted by Crippen LogP contribution is 2.47. The molecule has 2 aliphatic rings. The van der Waals surface area contributed by atoms with Gasteiger partial charge in [0.25, 0.3) is 0 Å². The molecule has 170 valence electrons. The van der Waals surface area contributed by atoms with Gasteiger partial charge in [-0.25, -0.2) is 14.8 Å². The maximum Gasteiger partial charge on any atom is 0.322 e. The summed E-state index contributed by atoms with van der Waals surface area (Å²) in [6.45, 7) is 6.48. The van der Waals surface area contributed by atoms with Crippen LogP contribution in [0.2, 0.25) is 0 Å². The van der Waals surface area contributed by atoms with Gasteiger partial charge >= 0.3 is 6.03 Å². The van der Waals surface area contributed by atoms with Crippen LogP contribution in [0.4, 0.5) is 4.79 Å². The number of allylic oxidation sites excluding steroid dienone is 1. The minimum Gasteiger partial charge on any atom is -0.395 e. The summed E-state index contributed by atoms with van der Waals surface area (Å²) >= 11 is 1.81. The summed E-state index contributed by atoms with van der Waals surface area (Å²) in [4.78, 5) is 28.3.